The van der Waals surface area contributed by atoms with Gasteiger partial charge in [-0.2, -0.15) is 0 Å². The minimum Gasteiger partial charge on any atom is -0.350 e. The van der Waals surface area contributed by atoms with E-state index in [1.165, 1.54) is 23.1 Å². The highest BCUT2D eigenvalue weighted by molar-refractivity contribution is 8.01. The molecular formula is C12H10ClN5OS2. The van der Waals surface area contributed by atoms with Gasteiger partial charge in [0.2, 0.25) is 5.91 Å². The number of hydrogen-bond donors (Lipinski definition) is 1. The summed E-state index contributed by atoms with van der Waals surface area (Å²) >= 11 is 8.70. The van der Waals surface area contributed by atoms with E-state index in [0.29, 0.717) is 17.3 Å². The van der Waals surface area contributed by atoms with Gasteiger partial charge >= 0.3 is 0 Å². The molecule has 6 nitrogen and oxygen atoms in total. The third-order valence-corrected chi connectivity index (χ3v) is 4.68. The van der Waals surface area contributed by atoms with Crippen LogP contribution in [0, 0.1) is 0 Å². The molecule has 21 heavy (non-hydrogen) atoms. The normalized spacial score (nSPS) is 10.9. The van der Waals surface area contributed by atoms with Gasteiger partial charge < -0.3 is 9.72 Å². The molecule has 3 aromatic heterocycles. The molecule has 3 heterocycles. The second-order valence-corrected chi connectivity index (χ2v) is 6.61. The number of nitrogens with zero attached hydrogens (tertiary/aromatic N) is 4. The molecule has 0 saturated heterocycles. The maximum Gasteiger partial charge on any atom is 0.230 e. The van der Waals surface area contributed by atoms with Gasteiger partial charge in [0, 0.05) is 12.4 Å². The molecule has 0 radical (unpaired) electrons. The molecule has 0 bridgehead atoms. The molecule has 0 fully saturated rings. The average Bonchev–Trinajstić information content (AvgIpc) is 3.11. The fraction of sp³-hybridized carbons (Fsp3) is 0.167. The number of hydrogen-bond acceptors (Lipinski definition) is 6. The van der Waals surface area contributed by atoms with Gasteiger partial charge in [0.1, 0.15) is 11.2 Å². The molecule has 0 saturated carbocycles. The lowest BCUT2D eigenvalue weighted by Gasteiger charge is -2.01. The number of aromatic nitrogens is 4. The first kappa shape index (κ1) is 14.3. The van der Waals surface area contributed by atoms with Crippen LogP contribution in [0.15, 0.2) is 34.4 Å². The third kappa shape index (κ3) is 3.72. The topological polar surface area (TPSA) is 72.2 Å². The van der Waals surface area contributed by atoms with Crippen LogP contribution in [0.4, 0.5) is 0 Å². The standard InChI is InChI=1S/C12H10ClN5OS2/c13-8-1-2-10-16-9(5-18(10)4-8)3-14-11(19)6-20-12-17-15-7-21-12/h1-2,4-5,7H,3,6H2,(H,14,19). The highest BCUT2D eigenvalue weighted by Crippen LogP contribution is 2.18. The van der Waals surface area contributed by atoms with Gasteiger partial charge in [0.05, 0.1) is 23.0 Å². The van der Waals surface area contributed by atoms with E-state index in [0.717, 1.165) is 15.7 Å². The van der Waals surface area contributed by atoms with E-state index < -0.39 is 0 Å². The van der Waals surface area contributed by atoms with E-state index in [2.05, 4.69) is 20.5 Å². The van der Waals surface area contributed by atoms with Crippen molar-refractivity contribution in [3.8, 4) is 0 Å². The summed E-state index contributed by atoms with van der Waals surface area (Å²) in [6.45, 7) is 0.384. The lowest BCUT2D eigenvalue weighted by molar-refractivity contribution is -0.118. The van der Waals surface area contributed by atoms with Crippen molar-refractivity contribution in [2.45, 2.75) is 10.9 Å². The highest BCUT2D eigenvalue weighted by Gasteiger charge is 2.07. The fourth-order valence-electron chi connectivity index (χ4n) is 1.70. The van der Waals surface area contributed by atoms with Crippen molar-refractivity contribution in [2.24, 2.45) is 0 Å². The zero-order valence-electron chi connectivity index (χ0n) is 10.7. The van der Waals surface area contributed by atoms with E-state index in [1.54, 1.807) is 17.8 Å². The third-order valence-electron chi connectivity index (χ3n) is 2.60. The van der Waals surface area contributed by atoms with Gasteiger partial charge in [-0.05, 0) is 12.1 Å². The first-order valence-electron chi connectivity index (χ1n) is 5.99. The van der Waals surface area contributed by atoms with Crippen LogP contribution < -0.4 is 5.32 Å². The number of carbonyl (C=O) groups is 1. The Morgan fingerprint density at radius 3 is 3.14 bits per heavy atom. The van der Waals surface area contributed by atoms with Crippen molar-refractivity contribution in [1.29, 1.82) is 0 Å². The Hall–Kier alpha value is -1.64. The van der Waals surface area contributed by atoms with Crippen molar-refractivity contribution >= 4 is 46.3 Å². The SMILES string of the molecule is O=C(CSc1nncs1)NCc1cn2cc(Cl)ccc2n1. The van der Waals surface area contributed by atoms with E-state index in [4.69, 9.17) is 11.6 Å². The van der Waals surface area contributed by atoms with Gasteiger partial charge in [0.15, 0.2) is 4.34 Å². The molecule has 0 aromatic carbocycles. The van der Waals surface area contributed by atoms with Crippen LogP contribution in [0.1, 0.15) is 5.69 Å². The summed E-state index contributed by atoms with van der Waals surface area (Å²) < 4.78 is 2.62. The second kappa shape index (κ2) is 6.42. The molecule has 0 aliphatic rings. The van der Waals surface area contributed by atoms with E-state index in [-0.39, 0.29) is 5.91 Å². The maximum absolute atomic E-state index is 11.7. The summed E-state index contributed by atoms with van der Waals surface area (Å²) in [5, 5.41) is 11.1. The van der Waals surface area contributed by atoms with Crippen LogP contribution in [-0.2, 0) is 11.3 Å². The Bertz CT molecular complexity index is 758. The van der Waals surface area contributed by atoms with Crippen molar-refractivity contribution in [2.75, 3.05) is 5.75 Å². The quantitative estimate of drug-likeness (QED) is 0.722. The molecule has 9 heteroatoms. The van der Waals surface area contributed by atoms with Crippen LogP contribution in [0.5, 0.6) is 0 Å². The summed E-state index contributed by atoms with van der Waals surface area (Å²) in [6.07, 6.45) is 3.62. The number of thioether (sulfide) groups is 1. The number of carbonyl (C=O) groups excluding carboxylic acids is 1. The van der Waals surface area contributed by atoms with Crippen LogP contribution in [0.3, 0.4) is 0 Å². The van der Waals surface area contributed by atoms with Crippen LogP contribution in [-0.4, -0.2) is 31.2 Å². The number of imidazole rings is 1. The first-order chi connectivity index (χ1) is 10.2. The minimum atomic E-state index is -0.0645. The zero-order chi connectivity index (χ0) is 14.7. The fourth-order valence-corrected chi connectivity index (χ4v) is 3.18. The molecular weight excluding hydrogens is 330 g/mol. The Kier molecular flexibility index (Phi) is 4.37. The number of fused-ring (bicyclic) bond motifs is 1. The van der Waals surface area contributed by atoms with Crippen LogP contribution in [0.2, 0.25) is 5.02 Å². The Labute approximate surface area is 133 Å². The molecule has 3 rings (SSSR count). The molecule has 3 aromatic rings. The van der Waals surface area contributed by atoms with Crippen molar-refractivity contribution in [3.05, 3.63) is 40.8 Å². The molecule has 0 atom stereocenters. The summed E-state index contributed by atoms with van der Waals surface area (Å²) in [4.78, 5) is 16.1. The molecule has 0 spiro atoms. The highest BCUT2D eigenvalue weighted by atomic mass is 35.5. The molecule has 1 N–H and O–H groups in total. The number of amides is 1. The predicted octanol–water partition coefficient (Wildman–Crippen LogP) is 2.25. The van der Waals surface area contributed by atoms with Crippen molar-refractivity contribution in [1.82, 2.24) is 24.9 Å². The minimum absolute atomic E-state index is 0.0645. The monoisotopic (exact) mass is 339 g/mol. The number of nitrogens with one attached hydrogen (secondary N) is 1. The van der Waals surface area contributed by atoms with E-state index in [9.17, 15) is 4.79 Å². The molecule has 0 aliphatic carbocycles. The Morgan fingerprint density at radius 2 is 2.33 bits per heavy atom. The van der Waals surface area contributed by atoms with Gasteiger partial charge in [0.25, 0.3) is 0 Å². The van der Waals surface area contributed by atoms with E-state index in [1.807, 2.05) is 16.7 Å². The average molecular weight is 340 g/mol. The Balaban J connectivity index is 1.54. The lowest BCUT2D eigenvalue weighted by atomic mass is 10.4. The van der Waals surface area contributed by atoms with Gasteiger partial charge in [-0.15, -0.1) is 10.2 Å². The molecule has 0 unspecified atom stereocenters. The van der Waals surface area contributed by atoms with Gasteiger partial charge in [-0.1, -0.05) is 34.7 Å². The van der Waals surface area contributed by atoms with Crippen LogP contribution >= 0.6 is 34.7 Å². The first-order valence-corrected chi connectivity index (χ1v) is 8.24. The van der Waals surface area contributed by atoms with Crippen molar-refractivity contribution in [3.63, 3.8) is 0 Å². The summed E-state index contributed by atoms with van der Waals surface area (Å²) in [7, 11) is 0. The smallest absolute Gasteiger partial charge is 0.230 e. The van der Waals surface area contributed by atoms with Gasteiger partial charge in [-0.3, -0.25) is 4.79 Å². The second-order valence-electron chi connectivity index (χ2n) is 4.12. The molecule has 1 amide bonds. The maximum atomic E-state index is 11.7. The van der Waals surface area contributed by atoms with Crippen LogP contribution in [0.25, 0.3) is 5.65 Å². The lowest BCUT2D eigenvalue weighted by Crippen LogP contribution is -2.24. The zero-order valence-corrected chi connectivity index (χ0v) is 13.1. The molecule has 0 aliphatic heterocycles. The number of rotatable bonds is 5. The number of pyridine rings is 1. The summed E-state index contributed by atoms with van der Waals surface area (Å²) in [5.74, 6) is 0.249. The predicted molar refractivity (Wildman–Crippen MR) is 82.7 cm³/mol. The summed E-state index contributed by atoms with van der Waals surface area (Å²) in [5.41, 5.74) is 3.22. The molecule has 108 valence electrons. The van der Waals surface area contributed by atoms with Crippen molar-refractivity contribution < 1.29 is 4.79 Å². The summed E-state index contributed by atoms with van der Waals surface area (Å²) in [6, 6.07) is 3.61. The largest absolute Gasteiger partial charge is 0.350 e. The number of halogens is 1. The van der Waals surface area contributed by atoms with E-state index >= 15 is 0 Å². The van der Waals surface area contributed by atoms with Gasteiger partial charge in [-0.25, -0.2) is 4.98 Å². The Morgan fingerprint density at radius 1 is 1.43 bits per heavy atom.